The van der Waals surface area contributed by atoms with Crippen LogP contribution in [0.1, 0.15) is 23.4 Å². The van der Waals surface area contributed by atoms with E-state index in [0.717, 1.165) is 43.8 Å². The number of hydrogen-bond acceptors (Lipinski definition) is 5. The molecule has 2 fully saturated rings. The molecule has 3 aliphatic heterocycles. The maximum absolute atomic E-state index is 4.77. The molecule has 126 valence electrons. The van der Waals surface area contributed by atoms with Crippen LogP contribution in [0.4, 0.5) is 5.82 Å². The van der Waals surface area contributed by atoms with E-state index in [9.17, 15) is 0 Å². The van der Waals surface area contributed by atoms with Crippen molar-refractivity contribution in [2.45, 2.75) is 32.9 Å². The van der Waals surface area contributed by atoms with E-state index in [1.54, 1.807) is 6.33 Å². The lowest BCUT2D eigenvalue weighted by atomic mass is 10.0. The summed E-state index contributed by atoms with van der Waals surface area (Å²) in [7, 11) is 0. The summed E-state index contributed by atoms with van der Waals surface area (Å²) in [6.45, 7) is 8.85. The SMILES string of the molecule is Cc1cncnc1N1CC2CN(Cc3cc4n(n3)CCC4)CC2C1. The topological polar surface area (TPSA) is 50.1 Å². The predicted molar refractivity (Wildman–Crippen MR) is 91.8 cm³/mol. The number of hydrogen-bond donors (Lipinski definition) is 0. The fourth-order valence-electron chi connectivity index (χ4n) is 4.74. The summed E-state index contributed by atoms with van der Waals surface area (Å²) in [6, 6.07) is 2.32. The van der Waals surface area contributed by atoms with Crippen LogP contribution < -0.4 is 4.90 Å². The second kappa shape index (κ2) is 5.55. The van der Waals surface area contributed by atoms with Crippen molar-refractivity contribution in [2.24, 2.45) is 11.8 Å². The van der Waals surface area contributed by atoms with Crippen LogP contribution >= 0.6 is 0 Å². The number of anilines is 1. The van der Waals surface area contributed by atoms with E-state index in [1.165, 1.54) is 42.9 Å². The summed E-state index contributed by atoms with van der Waals surface area (Å²) in [5.41, 5.74) is 3.87. The second-order valence-corrected chi connectivity index (χ2v) is 7.60. The largest absolute Gasteiger partial charge is 0.356 e. The van der Waals surface area contributed by atoms with Crippen LogP contribution in [0.25, 0.3) is 0 Å². The van der Waals surface area contributed by atoms with Gasteiger partial charge in [-0.05, 0) is 37.7 Å². The highest BCUT2D eigenvalue weighted by Gasteiger charge is 2.40. The Hall–Kier alpha value is -1.95. The molecule has 0 aliphatic carbocycles. The van der Waals surface area contributed by atoms with Gasteiger partial charge >= 0.3 is 0 Å². The maximum atomic E-state index is 4.77. The Morgan fingerprint density at radius 3 is 2.75 bits per heavy atom. The zero-order valence-corrected chi connectivity index (χ0v) is 14.2. The third-order valence-electron chi connectivity index (χ3n) is 5.83. The van der Waals surface area contributed by atoms with E-state index in [0.29, 0.717) is 0 Å². The van der Waals surface area contributed by atoms with Crippen molar-refractivity contribution in [1.82, 2.24) is 24.6 Å². The molecule has 24 heavy (non-hydrogen) atoms. The summed E-state index contributed by atoms with van der Waals surface area (Å²) in [4.78, 5) is 13.7. The van der Waals surface area contributed by atoms with Crippen molar-refractivity contribution < 1.29 is 0 Å². The molecule has 3 aliphatic rings. The minimum Gasteiger partial charge on any atom is -0.356 e. The molecule has 0 saturated carbocycles. The van der Waals surface area contributed by atoms with Crippen molar-refractivity contribution in [1.29, 1.82) is 0 Å². The van der Waals surface area contributed by atoms with Gasteiger partial charge in [0.25, 0.3) is 0 Å². The maximum Gasteiger partial charge on any atom is 0.134 e. The first kappa shape index (κ1) is 14.4. The lowest BCUT2D eigenvalue weighted by Gasteiger charge is -2.22. The van der Waals surface area contributed by atoms with Crippen molar-refractivity contribution in [3.63, 3.8) is 0 Å². The van der Waals surface area contributed by atoms with Gasteiger partial charge in [0.15, 0.2) is 0 Å². The van der Waals surface area contributed by atoms with Crippen molar-refractivity contribution in [2.75, 3.05) is 31.1 Å². The third-order valence-corrected chi connectivity index (χ3v) is 5.83. The number of aryl methyl sites for hydroxylation is 3. The van der Waals surface area contributed by atoms with Gasteiger partial charge in [0, 0.05) is 56.7 Å². The Kier molecular flexibility index (Phi) is 3.33. The second-order valence-electron chi connectivity index (χ2n) is 7.60. The first-order valence-electron chi connectivity index (χ1n) is 9.06. The Bertz CT molecular complexity index is 718. The Morgan fingerprint density at radius 2 is 2.00 bits per heavy atom. The van der Waals surface area contributed by atoms with Gasteiger partial charge in [-0.25, -0.2) is 9.97 Å². The number of aromatic nitrogens is 4. The van der Waals surface area contributed by atoms with Crippen LogP contribution in [0.5, 0.6) is 0 Å². The number of likely N-dealkylation sites (tertiary alicyclic amines) is 1. The highest BCUT2D eigenvalue weighted by Crippen LogP contribution is 2.34. The third kappa shape index (κ3) is 2.40. The highest BCUT2D eigenvalue weighted by molar-refractivity contribution is 5.46. The Labute approximate surface area is 142 Å². The van der Waals surface area contributed by atoms with Gasteiger partial charge in [-0.3, -0.25) is 9.58 Å². The van der Waals surface area contributed by atoms with Crippen LogP contribution in [-0.4, -0.2) is 50.8 Å². The van der Waals surface area contributed by atoms with Crippen LogP contribution in [0.3, 0.4) is 0 Å². The summed E-state index contributed by atoms with van der Waals surface area (Å²) < 4.78 is 2.20. The highest BCUT2D eigenvalue weighted by atomic mass is 15.3. The van der Waals surface area contributed by atoms with E-state index >= 15 is 0 Å². The lowest BCUT2D eigenvalue weighted by Crippen LogP contribution is -2.29. The summed E-state index contributed by atoms with van der Waals surface area (Å²) in [5, 5.41) is 4.77. The van der Waals surface area contributed by atoms with Crippen LogP contribution in [0.2, 0.25) is 0 Å². The summed E-state index contributed by atoms with van der Waals surface area (Å²) in [5.74, 6) is 2.64. The van der Waals surface area contributed by atoms with Crippen LogP contribution in [-0.2, 0) is 19.5 Å². The molecular formula is C18H24N6. The molecule has 6 nitrogen and oxygen atoms in total. The molecule has 2 saturated heterocycles. The monoisotopic (exact) mass is 324 g/mol. The molecule has 5 heterocycles. The van der Waals surface area contributed by atoms with E-state index in [4.69, 9.17) is 5.10 Å². The minimum atomic E-state index is 0.758. The average Bonchev–Trinajstić information content (AvgIpc) is 3.27. The number of rotatable bonds is 3. The predicted octanol–water partition coefficient (Wildman–Crippen LogP) is 1.50. The zero-order valence-electron chi connectivity index (χ0n) is 14.2. The molecule has 2 atom stereocenters. The molecule has 0 amide bonds. The Balaban J connectivity index is 1.23. The Morgan fingerprint density at radius 1 is 1.17 bits per heavy atom. The quantitative estimate of drug-likeness (QED) is 0.856. The van der Waals surface area contributed by atoms with E-state index in [2.05, 4.69) is 37.4 Å². The van der Waals surface area contributed by atoms with Gasteiger partial charge < -0.3 is 4.90 Å². The lowest BCUT2D eigenvalue weighted by molar-refractivity contribution is 0.303. The number of fused-ring (bicyclic) bond motifs is 2. The summed E-state index contributed by atoms with van der Waals surface area (Å²) in [6.07, 6.45) is 6.04. The smallest absolute Gasteiger partial charge is 0.134 e. The molecule has 0 spiro atoms. The van der Waals surface area contributed by atoms with Crippen molar-refractivity contribution in [3.8, 4) is 0 Å². The van der Waals surface area contributed by atoms with Gasteiger partial charge in [0.2, 0.25) is 0 Å². The van der Waals surface area contributed by atoms with Crippen LogP contribution in [0.15, 0.2) is 18.6 Å². The van der Waals surface area contributed by atoms with Crippen LogP contribution in [0, 0.1) is 18.8 Å². The molecule has 0 bridgehead atoms. The molecule has 2 aromatic rings. The average molecular weight is 324 g/mol. The summed E-state index contributed by atoms with van der Waals surface area (Å²) >= 11 is 0. The molecule has 0 radical (unpaired) electrons. The molecule has 6 heteroatoms. The minimum absolute atomic E-state index is 0.758. The van der Waals surface area contributed by atoms with Crippen molar-refractivity contribution in [3.05, 3.63) is 35.5 Å². The van der Waals surface area contributed by atoms with Crippen molar-refractivity contribution >= 4 is 5.82 Å². The van der Waals surface area contributed by atoms with Gasteiger partial charge in [0.05, 0.1) is 5.69 Å². The van der Waals surface area contributed by atoms with Gasteiger partial charge in [0.1, 0.15) is 12.1 Å². The van der Waals surface area contributed by atoms with Gasteiger partial charge in [-0.15, -0.1) is 0 Å². The molecule has 2 aromatic heterocycles. The molecule has 5 rings (SSSR count). The standard InChI is InChI=1S/C18H24N6/c1-13-6-19-12-20-18(13)23-9-14-7-22(8-15(14)10-23)11-16-5-17-3-2-4-24(17)21-16/h5-6,12,14-15H,2-4,7-11H2,1H3. The molecule has 2 unspecified atom stereocenters. The first-order valence-corrected chi connectivity index (χ1v) is 9.06. The molecular weight excluding hydrogens is 300 g/mol. The molecule has 0 aromatic carbocycles. The molecule has 0 N–H and O–H groups in total. The number of nitrogens with zero attached hydrogens (tertiary/aromatic N) is 6. The normalized spacial score (nSPS) is 26.1. The van der Waals surface area contributed by atoms with Gasteiger partial charge in [-0.1, -0.05) is 0 Å². The van der Waals surface area contributed by atoms with E-state index in [1.807, 2.05) is 6.20 Å². The van der Waals surface area contributed by atoms with Gasteiger partial charge in [-0.2, -0.15) is 5.10 Å². The van der Waals surface area contributed by atoms with E-state index < -0.39 is 0 Å². The fraction of sp³-hybridized carbons (Fsp3) is 0.611. The fourth-order valence-corrected chi connectivity index (χ4v) is 4.74. The van der Waals surface area contributed by atoms with E-state index in [-0.39, 0.29) is 0 Å². The zero-order chi connectivity index (χ0) is 16.1. The first-order chi connectivity index (χ1) is 11.8.